The van der Waals surface area contributed by atoms with Gasteiger partial charge in [-0.25, -0.2) is 0 Å². The van der Waals surface area contributed by atoms with Gasteiger partial charge in [-0.05, 0) is 18.6 Å². The Kier molecular flexibility index (Phi) is 5.29. The van der Waals surface area contributed by atoms with E-state index in [0.29, 0.717) is 22.6 Å². The molecule has 0 N–H and O–H groups in total. The number of ether oxygens (including phenoxy) is 2. The average molecular weight is 294 g/mol. The average Bonchev–Trinajstić information content (AvgIpc) is 2.96. The quantitative estimate of drug-likeness (QED) is 0.574. The number of nitrogens with zero attached hydrogens (tertiary/aromatic N) is 2. The zero-order chi connectivity index (χ0) is 14.4. The van der Waals surface area contributed by atoms with E-state index >= 15 is 0 Å². The summed E-state index contributed by atoms with van der Waals surface area (Å²) < 4.78 is 16.1. The van der Waals surface area contributed by atoms with Gasteiger partial charge < -0.3 is 13.9 Å². The van der Waals surface area contributed by atoms with Gasteiger partial charge in [-0.2, -0.15) is 0 Å². The van der Waals surface area contributed by atoms with Gasteiger partial charge in [-0.3, -0.25) is 0 Å². The SMILES string of the molecule is CCCCSc1nnc(-c2cc(OC)cc(OC)c2)o1. The molecule has 0 radical (unpaired) electrons. The fourth-order valence-corrected chi connectivity index (χ4v) is 2.46. The summed E-state index contributed by atoms with van der Waals surface area (Å²) >= 11 is 1.58. The van der Waals surface area contributed by atoms with Gasteiger partial charge in [0.1, 0.15) is 11.5 Å². The molecule has 0 atom stereocenters. The van der Waals surface area contributed by atoms with Crippen molar-refractivity contribution in [2.75, 3.05) is 20.0 Å². The van der Waals surface area contributed by atoms with Crippen LogP contribution in [0.2, 0.25) is 0 Å². The molecule has 0 fully saturated rings. The Morgan fingerprint density at radius 2 is 1.80 bits per heavy atom. The van der Waals surface area contributed by atoms with Crippen molar-refractivity contribution in [2.24, 2.45) is 0 Å². The Morgan fingerprint density at radius 1 is 1.10 bits per heavy atom. The van der Waals surface area contributed by atoms with Crippen molar-refractivity contribution in [1.82, 2.24) is 10.2 Å². The second-order valence-corrected chi connectivity index (χ2v) is 5.22. The zero-order valence-corrected chi connectivity index (χ0v) is 12.7. The molecule has 5 nitrogen and oxygen atoms in total. The molecule has 2 rings (SSSR count). The van der Waals surface area contributed by atoms with Crippen molar-refractivity contribution in [3.8, 4) is 23.0 Å². The van der Waals surface area contributed by atoms with Crippen LogP contribution in [0.15, 0.2) is 27.8 Å². The summed E-state index contributed by atoms with van der Waals surface area (Å²) in [5, 5.41) is 8.70. The van der Waals surface area contributed by atoms with Crippen LogP contribution >= 0.6 is 11.8 Å². The molecule has 0 saturated heterocycles. The summed E-state index contributed by atoms with van der Waals surface area (Å²) in [5.74, 6) is 2.84. The molecule has 0 saturated carbocycles. The fourth-order valence-electron chi connectivity index (χ4n) is 1.62. The van der Waals surface area contributed by atoms with Crippen LogP contribution in [-0.4, -0.2) is 30.2 Å². The second-order valence-electron chi connectivity index (χ2n) is 4.18. The van der Waals surface area contributed by atoms with E-state index in [-0.39, 0.29) is 0 Å². The molecule has 1 heterocycles. The number of thioether (sulfide) groups is 1. The minimum absolute atomic E-state index is 0.473. The molecule has 2 aromatic rings. The van der Waals surface area contributed by atoms with Crippen molar-refractivity contribution in [3.05, 3.63) is 18.2 Å². The molecular weight excluding hydrogens is 276 g/mol. The van der Waals surface area contributed by atoms with Gasteiger partial charge in [0.05, 0.1) is 14.2 Å². The fraction of sp³-hybridized carbons (Fsp3) is 0.429. The molecule has 108 valence electrons. The van der Waals surface area contributed by atoms with Crippen LogP contribution in [0.3, 0.4) is 0 Å². The molecule has 0 spiro atoms. The highest BCUT2D eigenvalue weighted by atomic mass is 32.2. The first-order chi connectivity index (χ1) is 9.76. The highest BCUT2D eigenvalue weighted by Crippen LogP contribution is 2.30. The third-order valence-corrected chi connectivity index (χ3v) is 3.63. The Morgan fingerprint density at radius 3 is 2.40 bits per heavy atom. The van der Waals surface area contributed by atoms with Gasteiger partial charge in [-0.15, -0.1) is 10.2 Å². The van der Waals surface area contributed by atoms with Gasteiger partial charge in [-0.1, -0.05) is 25.1 Å². The van der Waals surface area contributed by atoms with Gasteiger partial charge >= 0.3 is 0 Å². The molecule has 0 aliphatic carbocycles. The summed E-state index contributed by atoms with van der Waals surface area (Å²) in [5.41, 5.74) is 0.788. The summed E-state index contributed by atoms with van der Waals surface area (Å²) in [6, 6.07) is 5.49. The normalized spacial score (nSPS) is 10.6. The third-order valence-electron chi connectivity index (χ3n) is 2.73. The smallest absolute Gasteiger partial charge is 0.276 e. The van der Waals surface area contributed by atoms with Crippen molar-refractivity contribution < 1.29 is 13.9 Å². The first-order valence-electron chi connectivity index (χ1n) is 6.46. The number of hydrogen-bond acceptors (Lipinski definition) is 6. The minimum atomic E-state index is 0.473. The lowest BCUT2D eigenvalue weighted by atomic mass is 10.2. The van der Waals surface area contributed by atoms with Gasteiger partial charge in [0, 0.05) is 17.4 Å². The topological polar surface area (TPSA) is 57.4 Å². The lowest BCUT2D eigenvalue weighted by Crippen LogP contribution is -1.88. The molecule has 20 heavy (non-hydrogen) atoms. The zero-order valence-electron chi connectivity index (χ0n) is 11.9. The van der Waals surface area contributed by atoms with E-state index in [1.807, 2.05) is 12.1 Å². The Hall–Kier alpha value is -1.69. The predicted molar refractivity (Wildman–Crippen MR) is 78.5 cm³/mol. The predicted octanol–water partition coefficient (Wildman–Crippen LogP) is 3.65. The highest BCUT2D eigenvalue weighted by Gasteiger charge is 2.11. The minimum Gasteiger partial charge on any atom is -0.497 e. The number of benzene rings is 1. The molecular formula is C14H18N2O3S. The number of aromatic nitrogens is 2. The van der Waals surface area contributed by atoms with Gasteiger partial charge in [0.15, 0.2) is 0 Å². The van der Waals surface area contributed by atoms with E-state index < -0.39 is 0 Å². The molecule has 1 aromatic carbocycles. The second kappa shape index (κ2) is 7.19. The molecule has 0 bridgehead atoms. The number of rotatable bonds is 7. The maximum atomic E-state index is 5.64. The summed E-state index contributed by atoms with van der Waals surface area (Å²) in [4.78, 5) is 0. The maximum absolute atomic E-state index is 5.64. The van der Waals surface area contributed by atoms with Crippen molar-refractivity contribution in [2.45, 2.75) is 25.0 Å². The Labute approximate surface area is 122 Å². The van der Waals surface area contributed by atoms with Crippen LogP contribution in [0.25, 0.3) is 11.5 Å². The van der Waals surface area contributed by atoms with E-state index in [9.17, 15) is 0 Å². The van der Waals surface area contributed by atoms with E-state index in [1.165, 1.54) is 0 Å². The van der Waals surface area contributed by atoms with Crippen molar-refractivity contribution in [1.29, 1.82) is 0 Å². The van der Waals surface area contributed by atoms with E-state index in [4.69, 9.17) is 13.9 Å². The molecule has 6 heteroatoms. The van der Waals surface area contributed by atoms with Gasteiger partial charge in [0.25, 0.3) is 5.22 Å². The summed E-state index contributed by atoms with van der Waals surface area (Å²) in [6.45, 7) is 2.16. The van der Waals surface area contributed by atoms with Crippen LogP contribution in [0.1, 0.15) is 19.8 Å². The van der Waals surface area contributed by atoms with Gasteiger partial charge in [0.2, 0.25) is 5.89 Å². The summed E-state index contributed by atoms with van der Waals surface area (Å²) in [7, 11) is 3.22. The number of methoxy groups -OCH3 is 2. The van der Waals surface area contributed by atoms with E-state index in [2.05, 4.69) is 17.1 Å². The monoisotopic (exact) mass is 294 g/mol. The third kappa shape index (κ3) is 3.66. The van der Waals surface area contributed by atoms with Crippen LogP contribution in [0.4, 0.5) is 0 Å². The van der Waals surface area contributed by atoms with E-state index in [1.54, 1.807) is 32.0 Å². The first kappa shape index (κ1) is 14.7. The standard InChI is InChI=1S/C14H18N2O3S/c1-4-5-6-20-14-16-15-13(19-14)10-7-11(17-2)9-12(8-10)18-3/h7-9H,4-6H2,1-3H3. The highest BCUT2D eigenvalue weighted by molar-refractivity contribution is 7.99. The molecule has 0 unspecified atom stereocenters. The van der Waals surface area contributed by atoms with Crippen molar-refractivity contribution in [3.63, 3.8) is 0 Å². The van der Waals surface area contributed by atoms with Crippen LogP contribution in [0, 0.1) is 0 Å². The molecule has 0 aliphatic rings. The summed E-state index contributed by atoms with van der Waals surface area (Å²) in [6.07, 6.45) is 2.29. The Balaban J connectivity index is 2.18. The van der Waals surface area contributed by atoms with Crippen LogP contribution in [0.5, 0.6) is 11.5 Å². The molecule has 1 aromatic heterocycles. The maximum Gasteiger partial charge on any atom is 0.276 e. The van der Waals surface area contributed by atoms with Crippen molar-refractivity contribution >= 4 is 11.8 Å². The van der Waals surface area contributed by atoms with Crippen LogP contribution < -0.4 is 9.47 Å². The number of hydrogen-bond donors (Lipinski definition) is 0. The Bertz CT molecular complexity index is 535. The lowest BCUT2D eigenvalue weighted by molar-refractivity contribution is 0.394. The lowest BCUT2D eigenvalue weighted by Gasteiger charge is -2.05. The van der Waals surface area contributed by atoms with Crippen LogP contribution in [-0.2, 0) is 0 Å². The van der Waals surface area contributed by atoms with E-state index in [0.717, 1.165) is 24.2 Å². The molecule has 0 amide bonds. The molecule has 0 aliphatic heterocycles. The number of unbranched alkanes of at least 4 members (excludes halogenated alkanes) is 1. The first-order valence-corrected chi connectivity index (χ1v) is 7.45. The largest absolute Gasteiger partial charge is 0.497 e.